The molecule has 0 bridgehead atoms. The molecule has 1 unspecified atom stereocenters. The monoisotopic (exact) mass is 284 g/mol. The van der Waals surface area contributed by atoms with E-state index in [0.29, 0.717) is 23.4 Å². The van der Waals surface area contributed by atoms with E-state index in [2.05, 4.69) is 51.8 Å². The summed E-state index contributed by atoms with van der Waals surface area (Å²) in [5, 5.41) is 3.77. The van der Waals surface area contributed by atoms with Gasteiger partial charge in [-0.1, -0.05) is 41.5 Å². The number of rotatable bonds is 8. The van der Waals surface area contributed by atoms with Gasteiger partial charge in [0.2, 0.25) is 0 Å². The molecule has 1 atom stereocenters. The van der Waals surface area contributed by atoms with Crippen molar-refractivity contribution in [3.8, 4) is 0 Å². The van der Waals surface area contributed by atoms with Gasteiger partial charge >= 0.3 is 0 Å². The lowest BCUT2D eigenvalue weighted by atomic mass is 9.85. The minimum atomic E-state index is 0.326. The van der Waals surface area contributed by atoms with Crippen LogP contribution >= 0.6 is 0 Å². The molecule has 3 nitrogen and oxygen atoms in total. The van der Waals surface area contributed by atoms with E-state index >= 15 is 0 Å². The quantitative estimate of drug-likeness (QED) is 0.693. The van der Waals surface area contributed by atoms with E-state index in [1.807, 2.05) is 0 Å². The van der Waals surface area contributed by atoms with Crippen LogP contribution in [-0.4, -0.2) is 49.3 Å². The zero-order chi connectivity index (χ0) is 15.2. The molecule has 1 saturated heterocycles. The molecule has 120 valence electrons. The topological polar surface area (TPSA) is 24.5 Å². The Morgan fingerprint density at radius 3 is 2.35 bits per heavy atom. The van der Waals surface area contributed by atoms with Crippen molar-refractivity contribution in [2.75, 3.05) is 32.8 Å². The number of hydrogen-bond donors (Lipinski definition) is 1. The van der Waals surface area contributed by atoms with Gasteiger partial charge in [-0.25, -0.2) is 0 Å². The van der Waals surface area contributed by atoms with Crippen molar-refractivity contribution >= 4 is 0 Å². The summed E-state index contributed by atoms with van der Waals surface area (Å²) in [6.45, 7) is 18.8. The van der Waals surface area contributed by atoms with Gasteiger partial charge in [0.15, 0.2) is 0 Å². The standard InChI is InChI=1S/C17H36N2O/c1-7-17(8-2)13-18-16(15(5)6)11-19(17)9-10-20-12-14(3)4/h14-16,18H,7-13H2,1-6H3. The molecule has 0 aromatic rings. The first-order chi connectivity index (χ1) is 9.45. The maximum Gasteiger partial charge on any atom is 0.0593 e. The van der Waals surface area contributed by atoms with Crippen LogP contribution in [0.2, 0.25) is 0 Å². The molecule has 0 radical (unpaired) electrons. The zero-order valence-corrected chi connectivity index (χ0v) is 14.5. The Labute approximate surface area is 126 Å². The third-order valence-electron chi connectivity index (χ3n) is 4.86. The third kappa shape index (κ3) is 4.71. The summed E-state index contributed by atoms with van der Waals surface area (Å²) < 4.78 is 5.81. The van der Waals surface area contributed by atoms with E-state index in [-0.39, 0.29) is 0 Å². The molecule has 20 heavy (non-hydrogen) atoms. The first kappa shape index (κ1) is 17.9. The molecule has 3 heteroatoms. The van der Waals surface area contributed by atoms with Gasteiger partial charge in [-0.05, 0) is 24.7 Å². The van der Waals surface area contributed by atoms with E-state index in [0.717, 1.165) is 32.8 Å². The first-order valence-electron chi connectivity index (χ1n) is 8.51. The summed E-state index contributed by atoms with van der Waals surface area (Å²) in [4.78, 5) is 2.69. The van der Waals surface area contributed by atoms with Gasteiger partial charge in [0.05, 0.1) is 6.61 Å². The Morgan fingerprint density at radius 1 is 1.20 bits per heavy atom. The van der Waals surface area contributed by atoms with E-state index < -0.39 is 0 Å². The van der Waals surface area contributed by atoms with Gasteiger partial charge in [-0.2, -0.15) is 0 Å². The molecule has 0 saturated carbocycles. The minimum Gasteiger partial charge on any atom is -0.380 e. The van der Waals surface area contributed by atoms with E-state index in [9.17, 15) is 0 Å². The van der Waals surface area contributed by atoms with Crippen molar-refractivity contribution in [2.24, 2.45) is 11.8 Å². The second-order valence-corrected chi connectivity index (χ2v) is 7.08. The molecule has 1 N–H and O–H groups in total. The molecule has 1 fully saturated rings. The summed E-state index contributed by atoms with van der Waals surface area (Å²) in [6, 6.07) is 0.617. The highest BCUT2D eigenvalue weighted by atomic mass is 16.5. The molecule has 1 aliphatic heterocycles. The Hall–Kier alpha value is -0.120. The van der Waals surface area contributed by atoms with Gasteiger partial charge in [-0.15, -0.1) is 0 Å². The Kier molecular flexibility index (Phi) is 7.49. The molecular formula is C17H36N2O. The molecule has 1 aliphatic rings. The highest BCUT2D eigenvalue weighted by Crippen LogP contribution is 2.28. The zero-order valence-electron chi connectivity index (χ0n) is 14.5. The molecule has 1 rings (SSSR count). The summed E-state index contributed by atoms with van der Waals surface area (Å²) in [5.74, 6) is 1.32. The van der Waals surface area contributed by atoms with Crippen LogP contribution in [0.4, 0.5) is 0 Å². The van der Waals surface area contributed by atoms with Gasteiger partial charge in [0, 0.05) is 37.8 Å². The second kappa shape index (κ2) is 8.35. The number of hydrogen-bond acceptors (Lipinski definition) is 3. The van der Waals surface area contributed by atoms with Gasteiger partial charge in [0.1, 0.15) is 0 Å². The number of nitrogens with one attached hydrogen (secondary N) is 1. The normalized spacial score (nSPS) is 23.7. The van der Waals surface area contributed by atoms with Crippen molar-refractivity contribution in [3.63, 3.8) is 0 Å². The predicted molar refractivity (Wildman–Crippen MR) is 87.2 cm³/mol. The van der Waals surface area contributed by atoms with Crippen LogP contribution in [-0.2, 0) is 4.74 Å². The van der Waals surface area contributed by atoms with Gasteiger partial charge < -0.3 is 10.1 Å². The van der Waals surface area contributed by atoms with Gasteiger partial charge in [0.25, 0.3) is 0 Å². The van der Waals surface area contributed by atoms with Crippen molar-refractivity contribution in [1.29, 1.82) is 0 Å². The van der Waals surface area contributed by atoms with Crippen molar-refractivity contribution in [2.45, 2.75) is 66.0 Å². The van der Waals surface area contributed by atoms with E-state index in [4.69, 9.17) is 4.74 Å². The fraction of sp³-hybridized carbons (Fsp3) is 1.00. The smallest absolute Gasteiger partial charge is 0.0593 e. The Morgan fingerprint density at radius 2 is 1.85 bits per heavy atom. The number of ether oxygens (including phenoxy) is 1. The average Bonchev–Trinajstić information content (AvgIpc) is 2.43. The maximum atomic E-state index is 5.81. The van der Waals surface area contributed by atoms with E-state index in [1.54, 1.807) is 0 Å². The van der Waals surface area contributed by atoms with Gasteiger partial charge in [-0.3, -0.25) is 4.90 Å². The largest absolute Gasteiger partial charge is 0.380 e. The highest BCUT2D eigenvalue weighted by Gasteiger charge is 2.39. The molecule has 0 aromatic heterocycles. The summed E-state index contributed by atoms with van der Waals surface area (Å²) in [6.07, 6.45) is 2.43. The fourth-order valence-electron chi connectivity index (χ4n) is 3.14. The third-order valence-corrected chi connectivity index (χ3v) is 4.86. The molecule has 0 spiro atoms. The summed E-state index contributed by atoms with van der Waals surface area (Å²) in [7, 11) is 0. The van der Waals surface area contributed by atoms with Crippen LogP contribution in [0.25, 0.3) is 0 Å². The SMILES string of the molecule is CCC1(CC)CNC(C(C)C)CN1CCOCC(C)C. The van der Waals surface area contributed by atoms with E-state index in [1.165, 1.54) is 12.8 Å². The molecule has 0 aromatic carbocycles. The van der Waals surface area contributed by atoms with Crippen LogP contribution in [0.1, 0.15) is 54.4 Å². The lowest BCUT2D eigenvalue weighted by molar-refractivity contribution is -0.00518. The lowest BCUT2D eigenvalue weighted by Crippen LogP contribution is -2.65. The van der Waals surface area contributed by atoms with Crippen LogP contribution in [0.3, 0.4) is 0 Å². The fourth-order valence-corrected chi connectivity index (χ4v) is 3.14. The van der Waals surface area contributed by atoms with Crippen LogP contribution < -0.4 is 5.32 Å². The Balaban J connectivity index is 2.57. The molecule has 0 aliphatic carbocycles. The first-order valence-corrected chi connectivity index (χ1v) is 8.51. The highest BCUT2D eigenvalue weighted by molar-refractivity contribution is 4.98. The maximum absolute atomic E-state index is 5.81. The van der Waals surface area contributed by atoms with Crippen molar-refractivity contribution in [1.82, 2.24) is 10.2 Å². The number of nitrogens with zero attached hydrogens (tertiary/aromatic N) is 1. The second-order valence-electron chi connectivity index (χ2n) is 7.08. The summed E-state index contributed by atoms with van der Waals surface area (Å²) >= 11 is 0. The lowest BCUT2D eigenvalue weighted by Gasteiger charge is -2.50. The predicted octanol–water partition coefficient (Wildman–Crippen LogP) is 3.15. The van der Waals surface area contributed by atoms with Crippen molar-refractivity contribution < 1.29 is 4.74 Å². The van der Waals surface area contributed by atoms with Crippen molar-refractivity contribution in [3.05, 3.63) is 0 Å². The summed E-state index contributed by atoms with van der Waals surface area (Å²) in [5.41, 5.74) is 0.326. The molecule has 0 amide bonds. The minimum absolute atomic E-state index is 0.326. The van der Waals surface area contributed by atoms with Crippen LogP contribution in [0.15, 0.2) is 0 Å². The molecule has 1 heterocycles. The Bertz CT molecular complexity index is 262. The van der Waals surface area contributed by atoms with Crippen LogP contribution in [0.5, 0.6) is 0 Å². The van der Waals surface area contributed by atoms with Crippen LogP contribution in [0, 0.1) is 11.8 Å². The molecular weight excluding hydrogens is 248 g/mol. The average molecular weight is 284 g/mol. The number of piperazine rings is 1.